The lowest BCUT2D eigenvalue weighted by Gasteiger charge is -2.22. The third-order valence-corrected chi connectivity index (χ3v) is 3.42. The molecule has 2 unspecified atom stereocenters. The van der Waals surface area contributed by atoms with Crippen molar-refractivity contribution in [3.8, 4) is 0 Å². The van der Waals surface area contributed by atoms with Gasteiger partial charge in [-0.25, -0.2) is 4.39 Å². The molecule has 2 heteroatoms. The Morgan fingerprint density at radius 1 is 1.29 bits per heavy atom. The van der Waals surface area contributed by atoms with Crippen molar-refractivity contribution in [1.29, 1.82) is 0 Å². The molecule has 0 aliphatic carbocycles. The maximum Gasteiger partial charge on any atom is 0.126 e. The molecule has 1 rings (SSSR count). The van der Waals surface area contributed by atoms with Crippen LogP contribution in [-0.4, -0.2) is 5.11 Å². The second-order valence-corrected chi connectivity index (χ2v) is 4.76. The third-order valence-electron chi connectivity index (χ3n) is 3.42. The first-order valence-corrected chi connectivity index (χ1v) is 6.54. The summed E-state index contributed by atoms with van der Waals surface area (Å²) in [5.41, 5.74) is 1.44. The van der Waals surface area contributed by atoms with E-state index < -0.39 is 6.10 Å². The van der Waals surface area contributed by atoms with Gasteiger partial charge in [-0.1, -0.05) is 45.2 Å². The van der Waals surface area contributed by atoms with E-state index in [1.54, 1.807) is 19.1 Å². The molecule has 0 spiro atoms. The number of rotatable bonds is 6. The molecule has 17 heavy (non-hydrogen) atoms. The van der Waals surface area contributed by atoms with Crippen molar-refractivity contribution >= 4 is 0 Å². The van der Waals surface area contributed by atoms with Gasteiger partial charge in [-0.2, -0.15) is 0 Å². The van der Waals surface area contributed by atoms with Crippen molar-refractivity contribution < 1.29 is 9.50 Å². The van der Waals surface area contributed by atoms with Crippen molar-refractivity contribution in [3.63, 3.8) is 0 Å². The molecule has 96 valence electrons. The van der Waals surface area contributed by atoms with Crippen molar-refractivity contribution in [3.05, 3.63) is 35.1 Å². The Bertz CT molecular complexity index is 349. The van der Waals surface area contributed by atoms with E-state index in [1.807, 2.05) is 0 Å². The van der Waals surface area contributed by atoms with Crippen LogP contribution in [-0.2, 0) is 0 Å². The van der Waals surface area contributed by atoms with Crippen molar-refractivity contribution in [2.24, 2.45) is 5.92 Å². The Labute approximate surface area is 104 Å². The summed E-state index contributed by atoms with van der Waals surface area (Å²) in [5, 5.41) is 10.3. The number of unbranched alkanes of at least 4 members (excludes halogenated alkanes) is 1. The Morgan fingerprint density at radius 2 is 2.00 bits per heavy atom. The lowest BCUT2D eigenvalue weighted by Crippen LogP contribution is -2.12. The smallest absolute Gasteiger partial charge is 0.126 e. The van der Waals surface area contributed by atoms with E-state index >= 15 is 0 Å². The molecule has 2 atom stereocenters. The molecule has 0 amide bonds. The summed E-state index contributed by atoms with van der Waals surface area (Å²) in [6, 6.07) is 4.90. The summed E-state index contributed by atoms with van der Waals surface area (Å²) < 4.78 is 13.2. The molecule has 0 aliphatic rings. The molecule has 0 bridgehead atoms. The number of aliphatic hydroxyl groups excluding tert-OH is 1. The summed E-state index contributed by atoms with van der Waals surface area (Å²) in [6.07, 6.45) is 3.80. The summed E-state index contributed by atoms with van der Waals surface area (Å²) >= 11 is 0. The zero-order valence-electron chi connectivity index (χ0n) is 11.0. The molecule has 1 aromatic rings. The molecule has 1 N–H and O–H groups in total. The topological polar surface area (TPSA) is 20.2 Å². The maximum atomic E-state index is 13.2. The maximum absolute atomic E-state index is 13.2. The Hall–Kier alpha value is -0.890. The number of hydrogen-bond donors (Lipinski definition) is 1. The minimum absolute atomic E-state index is 0.206. The van der Waals surface area contributed by atoms with E-state index in [4.69, 9.17) is 0 Å². The zero-order valence-corrected chi connectivity index (χ0v) is 11.0. The van der Waals surface area contributed by atoms with Gasteiger partial charge < -0.3 is 5.11 Å². The van der Waals surface area contributed by atoms with Crippen LogP contribution in [0.4, 0.5) is 4.39 Å². The van der Waals surface area contributed by atoms with Crippen LogP contribution in [0.1, 0.15) is 56.8 Å². The zero-order chi connectivity index (χ0) is 12.8. The number of benzene rings is 1. The van der Waals surface area contributed by atoms with E-state index in [1.165, 1.54) is 6.07 Å². The van der Waals surface area contributed by atoms with Crippen molar-refractivity contribution in [2.75, 3.05) is 0 Å². The first-order chi connectivity index (χ1) is 8.10. The third kappa shape index (κ3) is 3.81. The van der Waals surface area contributed by atoms with Gasteiger partial charge in [-0.05, 0) is 36.5 Å². The lowest BCUT2D eigenvalue weighted by atomic mass is 9.88. The van der Waals surface area contributed by atoms with Gasteiger partial charge in [0.1, 0.15) is 5.82 Å². The van der Waals surface area contributed by atoms with Gasteiger partial charge in [0.15, 0.2) is 0 Å². The van der Waals surface area contributed by atoms with Gasteiger partial charge in [0.05, 0.1) is 6.10 Å². The Balaban J connectivity index is 2.78. The summed E-state index contributed by atoms with van der Waals surface area (Å²) in [5.74, 6) is 0.0716. The van der Waals surface area contributed by atoms with E-state index in [2.05, 4.69) is 13.8 Å². The lowest BCUT2D eigenvalue weighted by molar-refractivity contribution is 0.0988. The van der Waals surface area contributed by atoms with Gasteiger partial charge in [-0.15, -0.1) is 0 Å². The number of hydrogen-bond acceptors (Lipinski definition) is 1. The van der Waals surface area contributed by atoms with Crippen LogP contribution in [0.15, 0.2) is 18.2 Å². The fourth-order valence-electron chi connectivity index (χ4n) is 2.18. The number of halogens is 1. The van der Waals surface area contributed by atoms with Gasteiger partial charge in [0.25, 0.3) is 0 Å². The normalized spacial score (nSPS) is 14.6. The van der Waals surface area contributed by atoms with E-state index in [9.17, 15) is 9.50 Å². The van der Waals surface area contributed by atoms with Gasteiger partial charge in [0, 0.05) is 0 Å². The van der Waals surface area contributed by atoms with Gasteiger partial charge >= 0.3 is 0 Å². The fraction of sp³-hybridized carbons (Fsp3) is 0.600. The quantitative estimate of drug-likeness (QED) is 0.779. The van der Waals surface area contributed by atoms with Crippen LogP contribution in [0.2, 0.25) is 0 Å². The number of aliphatic hydroxyl groups is 1. The van der Waals surface area contributed by atoms with Gasteiger partial charge in [-0.3, -0.25) is 0 Å². The molecular formula is C15H23FO. The molecule has 0 fully saturated rings. The largest absolute Gasteiger partial charge is 0.388 e. The molecule has 0 aromatic heterocycles. The standard InChI is InChI=1S/C15H23FO/c1-4-6-7-12(5-2)15(17)13-8-9-14(16)11(3)10-13/h8-10,12,15,17H,4-7H2,1-3H3. The minimum atomic E-state index is -0.467. The molecule has 0 radical (unpaired) electrons. The first kappa shape index (κ1) is 14.2. The van der Waals surface area contributed by atoms with Gasteiger partial charge in [0.2, 0.25) is 0 Å². The Kier molecular flexibility index (Phi) is 5.63. The van der Waals surface area contributed by atoms with E-state index in [0.717, 1.165) is 31.2 Å². The van der Waals surface area contributed by atoms with Crippen LogP contribution in [0.5, 0.6) is 0 Å². The average Bonchev–Trinajstić information content (AvgIpc) is 2.33. The fourth-order valence-corrected chi connectivity index (χ4v) is 2.18. The second-order valence-electron chi connectivity index (χ2n) is 4.76. The van der Waals surface area contributed by atoms with Crippen LogP contribution in [0, 0.1) is 18.7 Å². The van der Waals surface area contributed by atoms with Crippen LogP contribution >= 0.6 is 0 Å². The van der Waals surface area contributed by atoms with E-state index in [0.29, 0.717) is 5.56 Å². The van der Waals surface area contributed by atoms with Crippen LogP contribution in [0.25, 0.3) is 0 Å². The average molecular weight is 238 g/mol. The second kappa shape index (κ2) is 6.75. The summed E-state index contributed by atoms with van der Waals surface area (Å²) in [4.78, 5) is 0. The molecule has 0 heterocycles. The molecule has 0 saturated heterocycles. The molecule has 1 nitrogen and oxygen atoms in total. The minimum Gasteiger partial charge on any atom is -0.388 e. The van der Waals surface area contributed by atoms with E-state index in [-0.39, 0.29) is 11.7 Å². The highest BCUT2D eigenvalue weighted by molar-refractivity contribution is 5.26. The summed E-state index contributed by atoms with van der Waals surface area (Å²) in [7, 11) is 0. The molecular weight excluding hydrogens is 215 g/mol. The highest BCUT2D eigenvalue weighted by Crippen LogP contribution is 2.29. The Morgan fingerprint density at radius 3 is 2.53 bits per heavy atom. The predicted octanol–water partition coefficient (Wildman–Crippen LogP) is 4.38. The first-order valence-electron chi connectivity index (χ1n) is 6.54. The molecule has 1 aromatic carbocycles. The van der Waals surface area contributed by atoms with Crippen LogP contribution < -0.4 is 0 Å². The predicted molar refractivity (Wildman–Crippen MR) is 69.4 cm³/mol. The monoisotopic (exact) mass is 238 g/mol. The van der Waals surface area contributed by atoms with Crippen LogP contribution in [0.3, 0.4) is 0 Å². The molecule has 0 aliphatic heterocycles. The SMILES string of the molecule is CCCCC(CC)C(O)c1ccc(F)c(C)c1. The van der Waals surface area contributed by atoms with Crippen molar-refractivity contribution in [2.45, 2.75) is 52.6 Å². The molecule has 0 saturated carbocycles. The summed E-state index contributed by atoms with van der Waals surface area (Å²) in [6.45, 7) is 5.99. The highest BCUT2D eigenvalue weighted by atomic mass is 19.1. The van der Waals surface area contributed by atoms with Crippen molar-refractivity contribution in [1.82, 2.24) is 0 Å². The number of aryl methyl sites for hydroxylation is 1. The highest BCUT2D eigenvalue weighted by Gasteiger charge is 2.19.